The fourth-order valence-corrected chi connectivity index (χ4v) is 3.22. The standard InChI is InChI=1S/C17H14ClNO2S/c18-9-16-17(15-4-2-1-3-14(15)10-19-16)13-7-5-12(6-8-13)11-22(20)21/h1-8,10H,9,11H2,(H,20,21). The highest BCUT2D eigenvalue weighted by Gasteiger charge is 2.11. The zero-order chi connectivity index (χ0) is 15.5. The number of aromatic nitrogens is 1. The van der Waals surface area contributed by atoms with E-state index in [0.29, 0.717) is 5.88 Å². The van der Waals surface area contributed by atoms with Gasteiger partial charge in [-0.05, 0) is 16.5 Å². The van der Waals surface area contributed by atoms with Crippen molar-refractivity contribution in [1.29, 1.82) is 0 Å². The Bertz CT molecular complexity index is 834. The van der Waals surface area contributed by atoms with Crippen LogP contribution in [0.3, 0.4) is 0 Å². The third-order valence-corrected chi connectivity index (χ3v) is 4.37. The maximum atomic E-state index is 10.9. The maximum absolute atomic E-state index is 10.9. The second-order valence-corrected chi connectivity index (χ2v) is 6.16. The largest absolute Gasteiger partial charge is 0.306 e. The normalized spacial score (nSPS) is 12.5. The summed E-state index contributed by atoms with van der Waals surface area (Å²) in [7, 11) is 0. The van der Waals surface area contributed by atoms with Crippen LogP contribution >= 0.6 is 11.6 Å². The number of halogens is 1. The van der Waals surface area contributed by atoms with Gasteiger partial charge in [-0.3, -0.25) is 4.98 Å². The van der Waals surface area contributed by atoms with Crippen LogP contribution in [-0.4, -0.2) is 13.7 Å². The van der Waals surface area contributed by atoms with E-state index in [9.17, 15) is 4.21 Å². The van der Waals surface area contributed by atoms with Crippen LogP contribution in [0.1, 0.15) is 11.3 Å². The first-order valence-corrected chi connectivity index (χ1v) is 8.59. The molecule has 3 aromatic rings. The molecule has 112 valence electrons. The van der Waals surface area contributed by atoms with Gasteiger partial charge in [0.1, 0.15) is 0 Å². The quantitative estimate of drug-likeness (QED) is 0.570. The number of alkyl halides is 1. The van der Waals surface area contributed by atoms with Gasteiger partial charge in [0.25, 0.3) is 0 Å². The highest BCUT2D eigenvalue weighted by molar-refractivity contribution is 7.78. The zero-order valence-electron chi connectivity index (χ0n) is 11.7. The predicted molar refractivity (Wildman–Crippen MR) is 91.2 cm³/mol. The van der Waals surface area contributed by atoms with E-state index in [1.807, 2.05) is 48.7 Å². The first-order valence-electron chi connectivity index (χ1n) is 6.78. The fourth-order valence-electron chi connectivity index (χ4n) is 2.54. The van der Waals surface area contributed by atoms with Crippen LogP contribution in [0.15, 0.2) is 54.7 Å². The molecule has 0 radical (unpaired) electrons. The van der Waals surface area contributed by atoms with Crippen LogP contribution in [0.4, 0.5) is 0 Å². The summed E-state index contributed by atoms with van der Waals surface area (Å²) in [5.41, 5.74) is 3.68. The minimum Gasteiger partial charge on any atom is -0.306 e. The lowest BCUT2D eigenvalue weighted by atomic mass is 9.97. The molecule has 0 spiro atoms. The van der Waals surface area contributed by atoms with E-state index < -0.39 is 11.1 Å². The van der Waals surface area contributed by atoms with Crippen LogP contribution in [-0.2, 0) is 22.7 Å². The summed E-state index contributed by atoms with van der Waals surface area (Å²) in [6, 6.07) is 15.7. The van der Waals surface area contributed by atoms with Gasteiger partial charge in [-0.1, -0.05) is 48.5 Å². The van der Waals surface area contributed by atoms with Gasteiger partial charge in [-0.2, -0.15) is 0 Å². The summed E-state index contributed by atoms with van der Waals surface area (Å²) in [6.45, 7) is 0. The Kier molecular flexibility index (Phi) is 4.52. The van der Waals surface area contributed by atoms with E-state index in [-0.39, 0.29) is 5.75 Å². The molecular weight excluding hydrogens is 318 g/mol. The molecule has 1 heterocycles. The van der Waals surface area contributed by atoms with Gasteiger partial charge >= 0.3 is 0 Å². The molecule has 0 saturated carbocycles. The van der Waals surface area contributed by atoms with Crippen molar-refractivity contribution in [2.24, 2.45) is 0 Å². The van der Waals surface area contributed by atoms with Gasteiger partial charge < -0.3 is 4.55 Å². The van der Waals surface area contributed by atoms with E-state index in [4.69, 9.17) is 16.2 Å². The summed E-state index contributed by atoms with van der Waals surface area (Å²) in [4.78, 5) is 4.45. The van der Waals surface area contributed by atoms with Crippen molar-refractivity contribution in [1.82, 2.24) is 4.98 Å². The topological polar surface area (TPSA) is 50.2 Å². The molecule has 0 bridgehead atoms. The summed E-state index contributed by atoms with van der Waals surface area (Å²) >= 11 is 4.22. The second-order valence-electron chi connectivity index (χ2n) is 4.96. The molecule has 1 aromatic heterocycles. The fraction of sp³-hybridized carbons (Fsp3) is 0.118. The van der Waals surface area contributed by atoms with Gasteiger partial charge in [-0.25, -0.2) is 4.21 Å². The van der Waals surface area contributed by atoms with Gasteiger partial charge in [-0.15, -0.1) is 11.6 Å². The molecule has 5 heteroatoms. The van der Waals surface area contributed by atoms with Gasteiger partial charge in [0.05, 0.1) is 17.3 Å². The molecule has 0 amide bonds. The predicted octanol–water partition coefficient (Wildman–Crippen LogP) is 4.36. The molecule has 0 fully saturated rings. The van der Waals surface area contributed by atoms with E-state index in [1.165, 1.54) is 0 Å². The Morgan fingerprint density at radius 2 is 1.82 bits per heavy atom. The van der Waals surface area contributed by atoms with Crippen molar-refractivity contribution in [3.63, 3.8) is 0 Å². The van der Waals surface area contributed by atoms with E-state index in [2.05, 4.69) is 11.1 Å². The lowest BCUT2D eigenvalue weighted by molar-refractivity contribution is 0.563. The van der Waals surface area contributed by atoms with Crippen LogP contribution in [0.5, 0.6) is 0 Å². The Morgan fingerprint density at radius 1 is 1.09 bits per heavy atom. The Hall–Kier alpha value is -1.75. The molecule has 0 aliphatic rings. The number of fused-ring (bicyclic) bond motifs is 1. The van der Waals surface area contributed by atoms with Gasteiger partial charge in [0, 0.05) is 17.1 Å². The molecule has 0 aliphatic heterocycles. The van der Waals surface area contributed by atoms with E-state index in [1.54, 1.807) is 0 Å². The van der Waals surface area contributed by atoms with Gasteiger partial charge in [0.15, 0.2) is 11.1 Å². The first kappa shape index (κ1) is 15.2. The summed E-state index contributed by atoms with van der Waals surface area (Å²) < 4.78 is 19.8. The van der Waals surface area contributed by atoms with Crippen molar-refractivity contribution in [2.75, 3.05) is 0 Å². The molecule has 0 saturated heterocycles. The van der Waals surface area contributed by atoms with Crippen molar-refractivity contribution in [3.8, 4) is 11.1 Å². The molecule has 22 heavy (non-hydrogen) atoms. The SMILES string of the molecule is O=S(O)Cc1ccc(-c2c(CCl)ncc3ccccc23)cc1. The number of pyridine rings is 1. The molecule has 1 unspecified atom stereocenters. The molecular formula is C17H14ClNO2S. The Labute approximate surface area is 136 Å². The minimum absolute atomic E-state index is 0.135. The number of rotatable bonds is 4. The smallest absolute Gasteiger partial charge is 0.157 e. The van der Waals surface area contributed by atoms with Crippen LogP contribution in [0.25, 0.3) is 21.9 Å². The van der Waals surface area contributed by atoms with Crippen LogP contribution < -0.4 is 0 Å². The molecule has 0 aliphatic carbocycles. The summed E-state index contributed by atoms with van der Waals surface area (Å²) in [6.07, 6.45) is 1.83. The van der Waals surface area contributed by atoms with Crippen molar-refractivity contribution >= 4 is 33.5 Å². The molecule has 2 aromatic carbocycles. The molecule has 1 N–H and O–H groups in total. The molecule has 3 rings (SSSR count). The van der Waals surface area contributed by atoms with Gasteiger partial charge in [0.2, 0.25) is 0 Å². The molecule has 1 atom stereocenters. The Balaban J connectivity index is 2.14. The van der Waals surface area contributed by atoms with Crippen LogP contribution in [0.2, 0.25) is 0 Å². The number of nitrogens with zero attached hydrogens (tertiary/aromatic N) is 1. The lowest BCUT2D eigenvalue weighted by Crippen LogP contribution is -1.95. The van der Waals surface area contributed by atoms with Crippen LogP contribution in [0, 0.1) is 0 Å². The highest BCUT2D eigenvalue weighted by Crippen LogP contribution is 2.32. The highest BCUT2D eigenvalue weighted by atomic mass is 35.5. The zero-order valence-corrected chi connectivity index (χ0v) is 13.3. The minimum atomic E-state index is -1.83. The van der Waals surface area contributed by atoms with Crippen molar-refractivity contribution in [2.45, 2.75) is 11.6 Å². The van der Waals surface area contributed by atoms with E-state index >= 15 is 0 Å². The van der Waals surface area contributed by atoms with E-state index in [0.717, 1.165) is 33.2 Å². The second kappa shape index (κ2) is 6.57. The monoisotopic (exact) mass is 331 g/mol. The average molecular weight is 332 g/mol. The number of hydrogen-bond donors (Lipinski definition) is 1. The first-order chi connectivity index (χ1) is 10.7. The number of hydrogen-bond acceptors (Lipinski definition) is 2. The average Bonchev–Trinajstić information content (AvgIpc) is 2.54. The Morgan fingerprint density at radius 3 is 2.50 bits per heavy atom. The third kappa shape index (κ3) is 3.04. The third-order valence-electron chi connectivity index (χ3n) is 3.54. The summed E-state index contributed by atoms with van der Waals surface area (Å²) in [5, 5.41) is 2.17. The lowest BCUT2D eigenvalue weighted by Gasteiger charge is -2.11. The van der Waals surface area contributed by atoms with Crippen molar-refractivity contribution in [3.05, 3.63) is 66.0 Å². The summed E-state index contributed by atoms with van der Waals surface area (Å²) in [5.74, 6) is 0.471. The number of benzene rings is 2. The maximum Gasteiger partial charge on any atom is 0.157 e. The van der Waals surface area contributed by atoms with Crippen molar-refractivity contribution < 1.29 is 8.76 Å². The molecule has 3 nitrogen and oxygen atoms in total.